The van der Waals surface area contributed by atoms with Gasteiger partial charge in [-0.15, -0.1) is 0 Å². The molecule has 0 radical (unpaired) electrons. The molecule has 0 amide bonds. The number of aromatic nitrogens is 3. The van der Waals surface area contributed by atoms with Crippen LogP contribution in [-0.4, -0.2) is 21.0 Å². The van der Waals surface area contributed by atoms with Gasteiger partial charge in [-0.1, -0.05) is 22.0 Å². The fourth-order valence-electron chi connectivity index (χ4n) is 2.22. The van der Waals surface area contributed by atoms with Crippen LogP contribution in [0.1, 0.15) is 13.8 Å². The van der Waals surface area contributed by atoms with Gasteiger partial charge in [-0.2, -0.15) is 4.98 Å². The summed E-state index contributed by atoms with van der Waals surface area (Å²) >= 11 is 3.48. The third-order valence-electron chi connectivity index (χ3n) is 3.22. The lowest BCUT2D eigenvalue weighted by Crippen LogP contribution is -2.13. The van der Waals surface area contributed by atoms with Crippen LogP contribution in [0.25, 0.3) is 11.3 Å². The summed E-state index contributed by atoms with van der Waals surface area (Å²) in [6.07, 6.45) is 3.52. The highest BCUT2D eigenvalue weighted by Gasteiger charge is 2.08. The third-order valence-corrected chi connectivity index (χ3v) is 3.71. The van der Waals surface area contributed by atoms with Crippen LogP contribution in [0, 0.1) is 0 Å². The molecular formula is C18H18BrN5. The highest BCUT2D eigenvalue weighted by Crippen LogP contribution is 2.24. The number of nitrogens with one attached hydrogen (secondary N) is 2. The maximum Gasteiger partial charge on any atom is 0.225 e. The fourth-order valence-corrected chi connectivity index (χ4v) is 2.62. The van der Waals surface area contributed by atoms with Crippen LogP contribution in [0.3, 0.4) is 0 Å². The Morgan fingerprint density at radius 2 is 1.79 bits per heavy atom. The van der Waals surface area contributed by atoms with Crippen molar-refractivity contribution in [3.05, 3.63) is 59.3 Å². The Kier molecular flexibility index (Phi) is 5.05. The van der Waals surface area contributed by atoms with Gasteiger partial charge in [-0.25, -0.2) is 4.98 Å². The molecule has 0 aliphatic carbocycles. The van der Waals surface area contributed by atoms with E-state index < -0.39 is 0 Å². The second kappa shape index (κ2) is 7.40. The average molecular weight is 384 g/mol. The van der Waals surface area contributed by atoms with Crippen LogP contribution in [0.15, 0.2) is 59.3 Å². The zero-order chi connectivity index (χ0) is 16.9. The molecule has 2 N–H and O–H groups in total. The van der Waals surface area contributed by atoms with Gasteiger partial charge in [0.05, 0.1) is 5.69 Å². The highest BCUT2D eigenvalue weighted by molar-refractivity contribution is 9.10. The molecule has 24 heavy (non-hydrogen) atoms. The first-order chi connectivity index (χ1) is 11.6. The smallest absolute Gasteiger partial charge is 0.225 e. The number of hydrogen-bond donors (Lipinski definition) is 2. The molecule has 0 fully saturated rings. The molecule has 5 nitrogen and oxygen atoms in total. The molecular weight excluding hydrogens is 366 g/mol. The minimum atomic E-state index is 0.247. The first kappa shape index (κ1) is 16.4. The van der Waals surface area contributed by atoms with Crippen molar-refractivity contribution in [3.8, 4) is 11.3 Å². The molecule has 0 aliphatic rings. The molecule has 3 aromatic rings. The topological polar surface area (TPSA) is 62.7 Å². The van der Waals surface area contributed by atoms with Gasteiger partial charge in [0, 0.05) is 40.2 Å². The van der Waals surface area contributed by atoms with Gasteiger partial charge >= 0.3 is 0 Å². The number of benzene rings is 1. The summed E-state index contributed by atoms with van der Waals surface area (Å²) in [6.45, 7) is 4.12. The largest absolute Gasteiger partial charge is 0.352 e. The molecule has 3 rings (SSSR count). The monoisotopic (exact) mass is 383 g/mol. The molecule has 2 aromatic heterocycles. The average Bonchev–Trinajstić information content (AvgIpc) is 2.55. The number of anilines is 3. The zero-order valence-corrected chi connectivity index (χ0v) is 15.1. The van der Waals surface area contributed by atoms with E-state index in [-0.39, 0.29) is 6.04 Å². The highest BCUT2D eigenvalue weighted by atomic mass is 79.9. The second-order valence-corrected chi connectivity index (χ2v) is 6.55. The van der Waals surface area contributed by atoms with E-state index in [4.69, 9.17) is 0 Å². The summed E-state index contributed by atoms with van der Waals surface area (Å²) in [7, 11) is 0. The number of hydrogen-bond acceptors (Lipinski definition) is 5. The summed E-state index contributed by atoms with van der Waals surface area (Å²) in [5.41, 5.74) is 2.80. The first-order valence-electron chi connectivity index (χ1n) is 7.69. The number of pyridine rings is 1. The molecule has 6 heteroatoms. The van der Waals surface area contributed by atoms with Crippen LogP contribution in [0.4, 0.5) is 17.5 Å². The molecule has 0 unspecified atom stereocenters. The van der Waals surface area contributed by atoms with Crippen molar-refractivity contribution in [1.82, 2.24) is 15.0 Å². The van der Waals surface area contributed by atoms with Gasteiger partial charge in [0.25, 0.3) is 0 Å². The second-order valence-electron chi connectivity index (χ2n) is 5.63. The Morgan fingerprint density at radius 1 is 1.00 bits per heavy atom. The van der Waals surface area contributed by atoms with Gasteiger partial charge in [-0.3, -0.25) is 4.98 Å². The standard InChI is InChI=1S/C18H18BrN5/c1-12(2)21-18-23-16(13-6-8-20-9-7-13)11-17(24-18)22-15-5-3-4-14(19)10-15/h3-12H,1-2H3,(H2,21,22,23,24). The third kappa shape index (κ3) is 4.29. The zero-order valence-electron chi connectivity index (χ0n) is 13.5. The van der Waals surface area contributed by atoms with Gasteiger partial charge in [0.1, 0.15) is 5.82 Å². The summed E-state index contributed by atoms with van der Waals surface area (Å²) in [4.78, 5) is 13.2. The predicted molar refractivity (Wildman–Crippen MR) is 101 cm³/mol. The molecule has 1 aromatic carbocycles. The van der Waals surface area contributed by atoms with Crippen molar-refractivity contribution >= 4 is 33.4 Å². The molecule has 0 spiro atoms. The van der Waals surface area contributed by atoms with Crippen LogP contribution < -0.4 is 10.6 Å². The maximum atomic E-state index is 4.60. The van der Waals surface area contributed by atoms with Crippen LogP contribution in [0.5, 0.6) is 0 Å². The molecule has 0 atom stereocenters. The van der Waals surface area contributed by atoms with E-state index in [9.17, 15) is 0 Å². The van der Waals surface area contributed by atoms with Crippen molar-refractivity contribution < 1.29 is 0 Å². The molecule has 122 valence electrons. The van der Waals surface area contributed by atoms with Crippen LogP contribution in [0.2, 0.25) is 0 Å². The van der Waals surface area contributed by atoms with E-state index in [1.54, 1.807) is 12.4 Å². The quantitative estimate of drug-likeness (QED) is 0.658. The van der Waals surface area contributed by atoms with Gasteiger partial charge in [0.15, 0.2) is 0 Å². The van der Waals surface area contributed by atoms with Crippen molar-refractivity contribution in [1.29, 1.82) is 0 Å². The lowest BCUT2D eigenvalue weighted by atomic mass is 10.2. The Morgan fingerprint density at radius 3 is 2.50 bits per heavy atom. The van der Waals surface area contributed by atoms with Gasteiger partial charge in [0.2, 0.25) is 5.95 Å². The van der Waals surface area contributed by atoms with Crippen molar-refractivity contribution in [3.63, 3.8) is 0 Å². The molecule has 0 bridgehead atoms. The minimum absolute atomic E-state index is 0.247. The Balaban J connectivity index is 1.98. The van der Waals surface area contributed by atoms with Crippen molar-refractivity contribution in [2.24, 2.45) is 0 Å². The van der Waals surface area contributed by atoms with Gasteiger partial charge < -0.3 is 10.6 Å². The van der Waals surface area contributed by atoms with E-state index >= 15 is 0 Å². The van der Waals surface area contributed by atoms with Gasteiger partial charge in [-0.05, 0) is 44.2 Å². The number of halogens is 1. The molecule has 2 heterocycles. The lowest BCUT2D eigenvalue weighted by Gasteiger charge is -2.13. The van der Waals surface area contributed by atoms with Crippen molar-refractivity contribution in [2.75, 3.05) is 10.6 Å². The fraction of sp³-hybridized carbons (Fsp3) is 0.167. The maximum absolute atomic E-state index is 4.60. The molecule has 0 saturated heterocycles. The molecule has 0 saturated carbocycles. The van der Waals surface area contributed by atoms with Crippen LogP contribution >= 0.6 is 15.9 Å². The van der Waals surface area contributed by atoms with Crippen LogP contribution in [-0.2, 0) is 0 Å². The summed E-state index contributed by atoms with van der Waals surface area (Å²) in [5.74, 6) is 1.33. The number of nitrogens with zero attached hydrogens (tertiary/aromatic N) is 3. The number of rotatable bonds is 5. The van der Waals surface area contributed by atoms with E-state index in [1.807, 2.05) is 42.5 Å². The first-order valence-corrected chi connectivity index (χ1v) is 8.48. The summed E-state index contributed by atoms with van der Waals surface area (Å²) < 4.78 is 1.01. The van der Waals surface area contributed by atoms with E-state index in [0.717, 1.165) is 27.2 Å². The lowest BCUT2D eigenvalue weighted by molar-refractivity contribution is 0.876. The Bertz CT molecular complexity index is 821. The predicted octanol–water partition coefficient (Wildman–Crippen LogP) is 4.87. The Hall–Kier alpha value is -2.47. The van der Waals surface area contributed by atoms with E-state index in [1.165, 1.54) is 0 Å². The van der Waals surface area contributed by atoms with E-state index in [2.05, 4.69) is 55.4 Å². The molecule has 0 aliphatic heterocycles. The SMILES string of the molecule is CC(C)Nc1nc(Nc2cccc(Br)c2)cc(-c2ccncc2)n1. The minimum Gasteiger partial charge on any atom is -0.352 e. The summed E-state index contributed by atoms with van der Waals surface area (Å²) in [5, 5.41) is 6.60. The normalized spacial score (nSPS) is 10.7. The van der Waals surface area contributed by atoms with Crippen molar-refractivity contribution in [2.45, 2.75) is 19.9 Å². The Labute approximate surface area is 149 Å². The van der Waals surface area contributed by atoms with E-state index in [0.29, 0.717) is 5.95 Å². The summed E-state index contributed by atoms with van der Waals surface area (Å²) in [6, 6.07) is 14.0.